The quantitative estimate of drug-likeness (QED) is 0.599. The largest absolute Gasteiger partial charge is 0.449 e. The SMILES string of the molecule is Cc1c(NC(=O)C(C)OC(=O)c2cc(Cl)ccc2Cl)c(=O)n(-c2ccccc2)n1C. The van der Waals surface area contributed by atoms with Gasteiger partial charge in [-0.15, -0.1) is 0 Å². The fourth-order valence-electron chi connectivity index (χ4n) is 2.87. The maximum absolute atomic E-state index is 12.9. The number of nitrogens with one attached hydrogen (secondary N) is 1. The maximum Gasteiger partial charge on any atom is 0.340 e. The molecule has 0 fully saturated rings. The van der Waals surface area contributed by atoms with Crippen LogP contribution >= 0.6 is 23.2 Å². The molecule has 7 nitrogen and oxygen atoms in total. The molecule has 1 aromatic heterocycles. The standard InChI is InChI=1S/C21H19Cl2N3O4/c1-12-18(20(28)26(25(12)3)15-7-5-4-6-8-15)24-19(27)13(2)30-21(29)16-11-14(22)9-10-17(16)23/h4-11,13H,1-3H3,(H,24,27). The number of benzene rings is 2. The Bertz CT molecular complexity index is 1170. The number of para-hydroxylation sites is 1. The molecule has 0 radical (unpaired) electrons. The van der Waals surface area contributed by atoms with Crippen LogP contribution in [0.1, 0.15) is 23.0 Å². The van der Waals surface area contributed by atoms with E-state index in [1.807, 2.05) is 18.2 Å². The van der Waals surface area contributed by atoms with Crippen LogP contribution in [0.2, 0.25) is 10.0 Å². The smallest absolute Gasteiger partial charge is 0.340 e. The average Bonchev–Trinajstić information content (AvgIpc) is 2.93. The molecule has 0 spiro atoms. The van der Waals surface area contributed by atoms with Gasteiger partial charge in [-0.05, 0) is 44.2 Å². The lowest BCUT2D eigenvalue weighted by Gasteiger charge is -2.13. The second kappa shape index (κ2) is 8.77. The summed E-state index contributed by atoms with van der Waals surface area (Å²) in [6.45, 7) is 3.11. The van der Waals surface area contributed by atoms with Crippen molar-refractivity contribution in [2.75, 3.05) is 5.32 Å². The number of anilines is 1. The summed E-state index contributed by atoms with van der Waals surface area (Å²) in [6, 6.07) is 13.4. The number of amides is 1. The van der Waals surface area contributed by atoms with Crippen LogP contribution in [-0.2, 0) is 16.6 Å². The Morgan fingerprint density at radius 3 is 2.43 bits per heavy atom. The van der Waals surface area contributed by atoms with Crippen LogP contribution in [0, 0.1) is 6.92 Å². The zero-order valence-corrected chi connectivity index (χ0v) is 18.0. The lowest BCUT2D eigenvalue weighted by atomic mass is 10.2. The first-order valence-corrected chi connectivity index (χ1v) is 9.77. The number of hydrogen-bond donors (Lipinski definition) is 1. The van der Waals surface area contributed by atoms with E-state index in [-0.39, 0.29) is 16.3 Å². The summed E-state index contributed by atoms with van der Waals surface area (Å²) in [5.74, 6) is -1.44. The Morgan fingerprint density at radius 2 is 1.77 bits per heavy atom. The Morgan fingerprint density at radius 1 is 1.10 bits per heavy atom. The molecule has 1 unspecified atom stereocenters. The van der Waals surface area contributed by atoms with Gasteiger partial charge in [0.2, 0.25) is 0 Å². The van der Waals surface area contributed by atoms with Crippen LogP contribution in [0.3, 0.4) is 0 Å². The summed E-state index contributed by atoms with van der Waals surface area (Å²) >= 11 is 11.9. The Labute approximate surface area is 182 Å². The number of carbonyl (C=O) groups is 2. The lowest BCUT2D eigenvalue weighted by molar-refractivity contribution is -0.123. The van der Waals surface area contributed by atoms with Gasteiger partial charge >= 0.3 is 5.97 Å². The van der Waals surface area contributed by atoms with E-state index in [4.69, 9.17) is 27.9 Å². The third kappa shape index (κ3) is 4.27. The van der Waals surface area contributed by atoms with Gasteiger partial charge in [-0.2, -0.15) is 0 Å². The number of hydrogen-bond acceptors (Lipinski definition) is 4. The van der Waals surface area contributed by atoms with Crippen molar-refractivity contribution >= 4 is 40.8 Å². The van der Waals surface area contributed by atoms with Crippen LogP contribution in [0.5, 0.6) is 0 Å². The Kier molecular flexibility index (Phi) is 6.34. The predicted octanol–water partition coefficient (Wildman–Crippen LogP) is 3.98. The van der Waals surface area contributed by atoms with Crippen molar-refractivity contribution in [1.82, 2.24) is 9.36 Å². The minimum absolute atomic E-state index is 0.0474. The van der Waals surface area contributed by atoms with Gasteiger partial charge in [0.1, 0.15) is 5.69 Å². The molecule has 1 atom stereocenters. The van der Waals surface area contributed by atoms with E-state index in [9.17, 15) is 14.4 Å². The molecule has 0 aliphatic carbocycles. The third-order valence-corrected chi connectivity index (χ3v) is 5.17. The molecule has 0 aliphatic heterocycles. The minimum Gasteiger partial charge on any atom is -0.449 e. The van der Waals surface area contributed by atoms with Crippen molar-refractivity contribution in [3.63, 3.8) is 0 Å². The number of carbonyl (C=O) groups excluding carboxylic acids is 2. The van der Waals surface area contributed by atoms with Gasteiger partial charge in [0.05, 0.1) is 22.0 Å². The molecule has 1 heterocycles. The van der Waals surface area contributed by atoms with E-state index in [1.54, 1.807) is 30.8 Å². The van der Waals surface area contributed by atoms with Crippen molar-refractivity contribution in [3.05, 3.63) is 80.2 Å². The number of ether oxygens (including phenoxy) is 1. The number of aromatic nitrogens is 2. The highest BCUT2D eigenvalue weighted by Gasteiger charge is 2.24. The van der Waals surface area contributed by atoms with Crippen LogP contribution in [-0.4, -0.2) is 27.3 Å². The lowest BCUT2D eigenvalue weighted by Crippen LogP contribution is -2.32. The van der Waals surface area contributed by atoms with Gasteiger partial charge in [0.15, 0.2) is 6.10 Å². The van der Waals surface area contributed by atoms with E-state index in [0.717, 1.165) is 0 Å². The molecule has 156 valence electrons. The molecule has 3 rings (SSSR count). The van der Waals surface area contributed by atoms with Crippen LogP contribution in [0.15, 0.2) is 53.3 Å². The van der Waals surface area contributed by atoms with E-state index in [1.165, 1.54) is 29.8 Å². The van der Waals surface area contributed by atoms with Crippen molar-refractivity contribution in [2.45, 2.75) is 20.0 Å². The first-order chi connectivity index (χ1) is 14.2. The number of halogens is 2. The number of rotatable bonds is 5. The number of esters is 1. The summed E-state index contributed by atoms with van der Waals surface area (Å²) in [6.07, 6.45) is -1.17. The molecule has 1 N–H and O–H groups in total. The Hall–Kier alpha value is -3.03. The van der Waals surface area contributed by atoms with Crippen molar-refractivity contribution in [1.29, 1.82) is 0 Å². The molecule has 9 heteroatoms. The molecule has 0 bridgehead atoms. The monoisotopic (exact) mass is 447 g/mol. The highest BCUT2D eigenvalue weighted by molar-refractivity contribution is 6.35. The van der Waals surface area contributed by atoms with Crippen LogP contribution in [0.25, 0.3) is 5.69 Å². The predicted molar refractivity (Wildman–Crippen MR) is 116 cm³/mol. The van der Waals surface area contributed by atoms with E-state index in [2.05, 4.69) is 5.32 Å². The number of nitrogens with zero attached hydrogens (tertiary/aromatic N) is 2. The molecule has 30 heavy (non-hydrogen) atoms. The molecule has 0 saturated carbocycles. The molecule has 2 aromatic carbocycles. The van der Waals surface area contributed by atoms with E-state index < -0.39 is 23.5 Å². The zero-order chi connectivity index (χ0) is 22.0. The minimum atomic E-state index is -1.17. The second-order valence-electron chi connectivity index (χ2n) is 6.60. The second-order valence-corrected chi connectivity index (χ2v) is 7.44. The molecule has 0 aliphatic rings. The Balaban J connectivity index is 1.80. The molecule has 3 aromatic rings. The average molecular weight is 448 g/mol. The summed E-state index contributed by atoms with van der Waals surface area (Å²) in [5, 5.41) is 3.03. The molecule has 1 amide bonds. The summed E-state index contributed by atoms with van der Waals surface area (Å²) in [4.78, 5) is 37.8. The van der Waals surface area contributed by atoms with Crippen molar-refractivity contribution < 1.29 is 14.3 Å². The van der Waals surface area contributed by atoms with Crippen LogP contribution < -0.4 is 10.9 Å². The van der Waals surface area contributed by atoms with Gasteiger partial charge in [-0.25, -0.2) is 9.48 Å². The van der Waals surface area contributed by atoms with E-state index >= 15 is 0 Å². The summed E-state index contributed by atoms with van der Waals surface area (Å²) in [5.41, 5.74) is 0.962. The molecule has 0 saturated heterocycles. The first-order valence-electron chi connectivity index (χ1n) is 9.01. The summed E-state index contributed by atoms with van der Waals surface area (Å²) in [7, 11) is 1.71. The van der Waals surface area contributed by atoms with Gasteiger partial charge < -0.3 is 10.1 Å². The normalized spacial score (nSPS) is 11.8. The van der Waals surface area contributed by atoms with Crippen LogP contribution in [0.4, 0.5) is 5.69 Å². The van der Waals surface area contributed by atoms with Crippen molar-refractivity contribution in [2.24, 2.45) is 7.05 Å². The van der Waals surface area contributed by atoms with Gasteiger partial charge in [-0.1, -0.05) is 41.4 Å². The zero-order valence-electron chi connectivity index (χ0n) is 16.5. The van der Waals surface area contributed by atoms with E-state index in [0.29, 0.717) is 16.4 Å². The summed E-state index contributed by atoms with van der Waals surface area (Å²) < 4.78 is 8.27. The van der Waals surface area contributed by atoms with Gasteiger partial charge in [-0.3, -0.25) is 14.3 Å². The molecular formula is C21H19Cl2N3O4. The fourth-order valence-corrected chi connectivity index (χ4v) is 3.24. The topological polar surface area (TPSA) is 82.3 Å². The maximum atomic E-state index is 12.9. The highest BCUT2D eigenvalue weighted by Crippen LogP contribution is 2.22. The third-order valence-electron chi connectivity index (χ3n) is 4.60. The van der Waals surface area contributed by atoms with Gasteiger partial charge in [0.25, 0.3) is 11.5 Å². The highest BCUT2D eigenvalue weighted by atomic mass is 35.5. The van der Waals surface area contributed by atoms with Gasteiger partial charge in [0, 0.05) is 12.1 Å². The molecular weight excluding hydrogens is 429 g/mol. The van der Waals surface area contributed by atoms with Crippen molar-refractivity contribution in [3.8, 4) is 5.69 Å². The fraction of sp³-hybridized carbons (Fsp3) is 0.190. The first kappa shape index (κ1) is 21.7.